The Hall–Kier alpha value is -1.67. The molecule has 1 aromatic carbocycles. The van der Waals surface area contributed by atoms with Crippen LogP contribution in [0, 0.1) is 11.7 Å². The molecule has 4 heteroatoms. The topological polar surface area (TPSA) is 38.7 Å². The molecule has 1 fully saturated rings. The number of para-hydroxylation sites is 1. The maximum Gasteiger partial charge on any atom is 0.235 e. The maximum atomic E-state index is 13.5. The van der Waals surface area contributed by atoms with Gasteiger partial charge in [0.05, 0.1) is 13.2 Å². The number of rotatable bonds is 5. The Morgan fingerprint density at radius 1 is 1.50 bits per heavy atom. The molecule has 0 bridgehead atoms. The summed E-state index contributed by atoms with van der Waals surface area (Å²) in [5.74, 6) is 0.370. The normalized spacial score (nSPS) is 14.3. The summed E-state index contributed by atoms with van der Waals surface area (Å²) < 4.78 is 18.9. The Bertz CT molecular complexity index is 423. The van der Waals surface area contributed by atoms with Crippen LogP contribution in [-0.4, -0.2) is 12.7 Å². The number of halogens is 1. The van der Waals surface area contributed by atoms with Gasteiger partial charge in [0.15, 0.2) is 11.6 Å². The van der Waals surface area contributed by atoms with Crippen molar-refractivity contribution in [2.75, 3.05) is 6.61 Å². The Kier molecular flexibility index (Phi) is 3.32. The van der Waals surface area contributed by atoms with Gasteiger partial charge in [-0.3, -0.25) is 0 Å². The van der Waals surface area contributed by atoms with Crippen LogP contribution < -0.4 is 4.74 Å². The summed E-state index contributed by atoms with van der Waals surface area (Å²) in [7, 11) is 0. The van der Waals surface area contributed by atoms with Crippen molar-refractivity contribution < 1.29 is 13.9 Å². The Balaban J connectivity index is 2.13. The zero-order chi connectivity index (χ0) is 11.4. The smallest absolute Gasteiger partial charge is 0.235 e. The Morgan fingerprint density at radius 3 is 3.00 bits per heavy atom. The van der Waals surface area contributed by atoms with E-state index in [9.17, 15) is 9.18 Å². The molecule has 0 aromatic heterocycles. The van der Waals surface area contributed by atoms with E-state index in [-0.39, 0.29) is 12.3 Å². The fraction of sp³-hybridized carbons (Fsp3) is 0.417. The molecule has 0 unspecified atom stereocenters. The van der Waals surface area contributed by atoms with Gasteiger partial charge in [-0.05, 0) is 24.8 Å². The average molecular weight is 221 g/mol. The van der Waals surface area contributed by atoms with Gasteiger partial charge in [-0.15, -0.1) is 0 Å². The van der Waals surface area contributed by atoms with Crippen LogP contribution in [0.2, 0.25) is 0 Å². The number of hydrogen-bond donors (Lipinski definition) is 0. The summed E-state index contributed by atoms with van der Waals surface area (Å²) in [6, 6.07) is 4.62. The van der Waals surface area contributed by atoms with Crippen molar-refractivity contribution in [3.63, 3.8) is 0 Å². The monoisotopic (exact) mass is 221 g/mol. The van der Waals surface area contributed by atoms with Crippen LogP contribution in [-0.2, 0) is 11.3 Å². The first kappa shape index (κ1) is 10.8. The van der Waals surface area contributed by atoms with Crippen molar-refractivity contribution >= 4 is 6.08 Å². The number of ether oxygens (including phenoxy) is 1. The lowest BCUT2D eigenvalue weighted by Gasteiger charge is -2.10. The number of isocyanates is 1. The third kappa shape index (κ3) is 2.67. The predicted molar refractivity (Wildman–Crippen MR) is 56.4 cm³/mol. The molecule has 0 atom stereocenters. The lowest BCUT2D eigenvalue weighted by Crippen LogP contribution is -2.03. The van der Waals surface area contributed by atoms with Gasteiger partial charge in [-0.25, -0.2) is 14.2 Å². The van der Waals surface area contributed by atoms with Gasteiger partial charge in [0, 0.05) is 5.56 Å². The minimum Gasteiger partial charge on any atom is -0.490 e. The quantitative estimate of drug-likeness (QED) is 0.566. The zero-order valence-corrected chi connectivity index (χ0v) is 8.78. The third-order valence-corrected chi connectivity index (χ3v) is 2.52. The fourth-order valence-corrected chi connectivity index (χ4v) is 1.44. The van der Waals surface area contributed by atoms with Gasteiger partial charge in [0.1, 0.15) is 0 Å². The van der Waals surface area contributed by atoms with Crippen molar-refractivity contribution in [1.29, 1.82) is 0 Å². The van der Waals surface area contributed by atoms with Crippen molar-refractivity contribution in [3.8, 4) is 5.75 Å². The number of nitrogens with zero attached hydrogens (tertiary/aromatic N) is 1. The molecule has 0 heterocycles. The number of aliphatic imine (C=N–C) groups is 1. The van der Waals surface area contributed by atoms with E-state index >= 15 is 0 Å². The second-order valence-electron chi connectivity index (χ2n) is 3.89. The van der Waals surface area contributed by atoms with E-state index in [1.54, 1.807) is 12.1 Å². The highest BCUT2D eigenvalue weighted by Crippen LogP contribution is 2.31. The molecule has 2 rings (SSSR count). The molecular formula is C12H12FNO2. The maximum absolute atomic E-state index is 13.5. The fourth-order valence-electron chi connectivity index (χ4n) is 1.44. The Morgan fingerprint density at radius 2 is 2.31 bits per heavy atom. The molecule has 0 aliphatic heterocycles. The van der Waals surface area contributed by atoms with Crippen LogP contribution in [0.1, 0.15) is 18.4 Å². The summed E-state index contributed by atoms with van der Waals surface area (Å²) in [4.78, 5) is 13.5. The molecule has 84 valence electrons. The van der Waals surface area contributed by atoms with E-state index in [0.717, 1.165) is 12.8 Å². The lowest BCUT2D eigenvalue weighted by molar-refractivity contribution is 0.282. The van der Waals surface area contributed by atoms with E-state index in [1.165, 1.54) is 12.1 Å². The summed E-state index contributed by atoms with van der Waals surface area (Å²) in [5, 5.41) is 0. The highest BCUT2D eigenvalue weighted by molar-refractivity contribution is 5.38. The highest BCUT2D eigenvalue weighted by atomic mass is 19.1. The number of carbonyl (C=O) groups excluding carboxylic acids is 1. The number of benzene rings is 1. The summed E-state index contributed by atoms with van der Waals surface area (Å²) in [6.45, 7) is 0.653. The van der Waals surface area contributed by atoms with Gasteiger partial charge < -0.3 is 4.74 Å². The first-order valence-electron chi connectivity index (χ1n) is 5.25. The van der Waals surface area contributed by atoms with Crippen LogP contribution in [0.5, 0.6) is 5.75 Å². The van der Waals surface area contributed by atoms with Gasteiger partial charge in [-0.2, -0.15) is 0 Å². The van der Waals surface area contributed by atoms with Crippen LogP contribution in [0.4, 0.5) is 4.39 Å². The van der Waals surface area contributed by atoms with E-state index in [0.29, 0.717) is 18.1 Å². The molecule has 0 amide bonds. The molecule has 0 N–H and O–H groups in total. The molecular weight excluding hydrogens is 209 g/mol. The van der Waals surface area contributed by atoms with Crippen molar-refractivity contribution in [1.82, 2.24) is 0 Å². The summed E-state index contributed by atoms with van der Waals surface area (Å²) >= 11 is 0. The minimum atomic E-state index is -0.403. The number of hydrogen-bond acceptors (Lipinski definition) is 3. The van der Waals surface area contributed by atoms with Gasteiger partial charge in [0.25, 0.3) is 0 Å². The van der Waals surface area contributed by atoms with E-state index in [1.807, 2.05) is 0 Å². The minimum absolute atomic E-state index is 0.112. The van der Waals surface area contributed by atoms with Gasteiger partial charge in [0.2, 0.25) is 6.08 Å². The molecule has 1 saturated carbocycles. The first-order valence-corrected chi connectivity index (χ1v) is 5.25. The Labute approximate surface area is 93.0 Å². The van der Waals surface area contributed by atoms with Crippen LogP contribution in [0.25, 0.3) is 0 Å². The molecule has 1 aliphatic carbocycles. The molecule has 3 nitrogen and oxygen atoms in total. The third-order valence-electron chi connectivity index (χ3n) is 2.52. The van der Waals surface area contributed by atoms with Gasteiger partial charge >= 0.3 is 0 Å². The van der Waals surface area contributed by atoms with E-state index in [4.69, 9.17) is 4.74 Å². The first-order chi connectivity index (χ1) is 7.81. The molecule has 16 heavy (non-hydrogen) atoms. The summed E-state index contributed by atoms with van der Waals surface area (Å²) in [5.41, 5.74) is 0.587. The molecule has 1 aromatic rings. The standard InChI is InChI=1S/C12H12FNO2/c13-11-3-1-2-10(6-14-8-15)12(11)16-7-9-4-5-9/h1-3,9H,4-7H2. The van der Waals surface area contributed by atoms with E-state index in [2.05, 4.69) is 4.99 Å². The molecule has 0 radical (unpaired) electrons. The predicted octanol–water partition coefficient (Wildman–Crippen LogP) is 2.45. The van der Waals surface area contributed by atoms with Crippen LogP contribution in [0.15, 0.2) is 23.2 Å². The second-order valence-corrected chi connectivity index (χ2v) is 3.89. The SMILES string of the molecule is O=C=NCc1cccc(F)c1OCC1CC1. The van der Waals surface area contributed by atoms with Crippen molar-refractivity contribution in [3.05, 3.63) is 29.6 Å². The molecule has 0 spiro atoms. The second kappa shape index (κ2) is 4.90. The largest absolute Gasteiger partial charge is 0.490 e. The molecule has 0 saturated heterocycles. The van der Waals surface area contributed by atoms with Crippen LogP contribution in [0.3, 0.4) is 0 Å². The van der Waals surface area contributed by atoms with Crippen molar-refractivity contribution in [2.24, 2.45) is 10.9 Å². The lowest BCUT2D eigenvalue weighted by atomic mass is 10.2. The zero-order valence-electron chi connectivity index (χ0n) is 8.78. The van der Waals surface area contributed by atoms with Gasteiger partial charge in [-0.1, -0.05) is 12.1 Å². The van der Waals surface area contributed by atoms with Crippen molar-refractivity contribution in [2.45, 2.75) is 19.4 Å². The molecule has 1 aliphatic rings. The average Bonchev–Trinajstić information content (AvgIpc) is 3.09. The van der Waals surface area contributed by atoms with Crippen LogP contribution >= 0.6 is 0 Å². The summed E-state index contributed by atoms with van der Waals surface area (Å²) in [6.07, 6.45) is 3.74. The van der Waals surface area contributed by atoms with E-state index < -0.39 is 5.82 Å². The highest BCUT2D eigenvalue weighted by Gasteiger charge is 2.23.